The van der Waals surface area contributed by atoms with Gasteiger partial charge in [-0.15, -0.1) is 0 Å². The van der Waals surface area contributed by atoms with E-state index >= 15 is 0 Å². The Balaban J connectivity index is 1.81. The minimum absolute atomic E-state index is 0.980. The summed E-state index contributed by atoms with van der Waals surface area (Å²) in [6, 6.07) is 19.8. The quantitative estimate of drug-likeness (QED) is 0.619. The largest absolute Gasteiger partial charge is 0.339 e. The highest BCUT2D eigenvalue weighted by molar-refractivity contribution is 5.85. The second-order valence-corrected chi connectivity index (χ2v) is 7.49. The van der Waals surface area contributed by atoms with Crippen molar-refractivity contribution in [3.8, 4) is 0 Å². The van der Waals surface area contributed by atoms with Gasteiger partial charge in [0.2, 0.25) is 0 Å². The van der Waals surface area contributed by atoms with Crippen molar-refractivity contribution in [3.63, 3.8) is 0 Å². The molecule has 0 amide bonds. The van der Waals surface area contributed by atoms with Gasteiger partial charge in [-0.25, -0.2) is 0 Å². The van der Waals surface area contributed by atoms with Crippen molar-refractivity contribution in [2.24, 2.45) is 0 Å². The summed E-state index contributed by atoms with van der Waals surface area (Å²) in [5.41, 5.74) is 5.93. The van der Waals surface area contributed by atoms with Crippen LogP contribution in [0.4, 0.5) is 0 Å². The van der Waals surface area contributed by atoms with E-state index in [0.717, 1.165) is 6.54 Å². The Morgan fingerprint density at radius 2 is 1.75 bits per heavy atom. The number of likely N-dealkylation sites (N-methyl/N-ethyl adjacent to an activating group) is 1. The Kier molecular flexibility index (Phi) is 3.93. The topological polar surface area (TPSA) is 4.93 Å². The summed E-state index contributed by atoms with van der Waals surface area (Å²) >= 11 is 0. The number of aromatic nitrogens is 1. The number of fused-ring (bicyclic) bond motifs is 3. The van der Waals surface area contributed by atoms with E-state index in [1.807, 2.05) is 0 Å². The van der Waals surface area contributed by atoms with E-state index in [0.29, 0.717) is 0 Å². The summed E-state index contributed by atoms with van der Waals surface area (Å²) in [5.74, 6) is 0. The minimum atomic E-state index is 0.980. The summed E-state index contributed by atoms with van der Waals surface area (Å²) in [4.78, 5) is 0. The third kappa shape index (κ3) is 2.65. The normalized spacial score (nSPS) is 20.2. The molecule has 0 fully saturated rings. The number of rotatable bonds is 4. The fraction of sp³-hybridized carbons (Fsp3) is 0.364. The lowest BCUT2D eigenvalue weighted by atomic mass is 10.0. The van der Waals surface area contributed by atoms with E-state index in [1.165, 1.54) is 53.4 Å². The molecule has 2 aromatic carbocycles. The molecule has 0 N–H and O–H groups in total. The molecule has 1 atom stereocenters. The molecule has 2 heteroatoms. The first-order valence-corrected chi connectivity index (χ1v) is 9.17. The van der Waals surface area contributed by atoms with Gasteiger partial charge in [0.05, 0.1) is 20.1 Å². The van der Waals surface area contributed by atoms with E-state index in [-0.39, 0.29) is 0 Å². The van der Waals surface area contributed by atoms with Gasteiger partial charge < -0.3 is 9.05 Å². The summed E-state index contributed by atoms with van der Waals surface area (Å²) in [6.07, 6.45) is 2.45. The van der Waals surface area contributed by atoms with E-state index in [4.69, 9.17) is 0 Å². The maximum absolute atomic E-state index is 2.56. The number of hydrogen-bond donors (Lipinski definition) is 0. The Morgan fingerprint density at radius 1 is 1.00 bits per heavy atom. The van der Waals surface area contributed by atoms with Gasteiger partial charge in [0, 0.05) is 35.1 Å². The fourth-order valence-corrected chi connectivity index (χ4v) is 4.40. The van der Waals surface area contributed by atoms with Gasteiger partial charge >= 0.3 is 0 Å². The molecular weight excluding hydrogens is 292 g/mol. The summed E-state index contributed by atoms with van der Waals surface area (Å²) in [7, 11) is 2.43. The summed E-state index contributed by atoms with van der Waals surface area (Å²) in [5, 5.41) is 1.46. The highest BCUT2D eigenvalue weighted by Crippen LogP contribution is 2.33. The van der Waals surface area contributed by atoms with E-state index in [9.17, 15) is 0 Å². The fourth-order valence-electron chi connectivity index (χ4n) is 4.40. The molecule has 1 aliphatic rings. The van der Waals surface area contributed by atoms with Crippen LogP contribution in [0.5, 0.6) is 0 Å². The van der Waals surface area contributed by atoms with E-state index < -0.39 is 0 Å². The number of benzene rings is 2. The molecule has 3 aromatic rings. The van der Waals surface area contributed by atoms with Crippen molar-refractivity contribution in [1.29, 1.82) is 0 Å². The molecule has 0 saturated heterocycles. The standard InChI is InChI=1S/C22H27N2/c1-3-14-24(2)15-13-22-20(17-24)19-11-7-8-12-21(19)23(22)16-18-9-5-4-6-10-18/h4-12H,3,13-17H2,1-2H3/q+1. The Morgan fingerprint density at radius 3 is 2.54 bits per heavy atom. The van der Waals surface area contributed by atoms with Gasteiger partial charge in [-0.1, -0.05) is 55.5 Å². The lowest BCUT2D eigenvalue weighted by molar-refractivity contribution is -0.924. The van der Waals surface area contributed by atoms with Gasteiger partial charge in [-0.3, -0.25) is 0 Å². The molecule has 1 aliphatic heterocycles. The van der Waals surface area contributed by atoms with Crippen LogP contribution in [0.2, 0.25) is 0 Å². The molecule has 1 unspecified atom stereocenters. The molecule has 124 valence electrons. The predicted molar refractivity (Wildman–Crippen MR) is 101 cm³/mol. The Labute approximate surface area is 144 Å². The second kappa shape index (κ2) is 6.10. The van der Waals surface area contributed by atoms with Crippen molar-refractivity contribution in [2.75, 3.05) is 20.1 Å². The van der Waals surface area contributed by atoms with Crippen LogP contribution in [0.3, 0.4) is 0 Å². The van der Waals surface area contributed by atoms with Crippen LogP contribution < -0.4 is 0 Å². The molecule has 4 rings (SSSR count). The number of para-hydroxylation sites is 1. The number of hydrogen-bond acceptors (Lipinski definition) is 0. The predicted octanol–water partition coefficient (Wildman–Crippen LogP) is 4.60. The molecule has 0 aliphatic carbocycles. The van der Waals surface area contributed by atoms with E-state index in [2.05, 4.69) is 73.1 Å². The van der Waals surface area contributed by atoms with Crippen molar-refractivity contribution >= 4 is 10.9 Å². The molecule has 0 saturated carbocycles. The van der Waals surface area contributed by atoms with Crippen molar-refractivity contribution in [2.45, 2.75) is 32.9 Å². The SMILES string of the molecule is CCC[N+]1(C)CCc2c(c3ccccc3n2Cc2ccccc2)C1. The number of quaternary nitrogens is 1. The van der Waals surface area contributed by atoms with Crippen LogP contribution in [-0.2, 0) is 19.5 Å². The molecule has 0 bridgehead atoms. The Bertz CT molecular complexity index is 847. The summed E-state index contributed by atoms with van der Waals surface area (Å²) in [6.45, 7) is 6.99. The first-order chi connectivity index (χ1) is 11.7. The summed E-state index contributed by atoms with van der Waals surface area (Å²) < 4.78 is 3.75. The van der Waals surface area contributed by atoms with Crippen LogP contribution in [-0.4, -0.2) is 29.2 Å². The first kappa shape index (κ1) is 15.5. The van der Waals surface area contributed by atoms with E-state index in [1.54, 1.807) is 11.3 Å². The van der Waals surface area contributed by atoms with Gasteiger partial charge in [0.25, 0.3) is 0 Å². The van der Waals surface area contributed by atoms with Gasteiger partial charge in [-0.2, -0.15) is 0 Å². The van der Waals surface area contributed by atoms with Crippen LogP contribution in [0.15, 0.2) is 54.6 Å². The molecule has 0 radical (unpaired) electrons. The first-order valence-electron chi connectivity index (χ1n) is 9.17. The smallest absolute Gasteiger partial charge is 0.107 e. The van der Waals surface area contributed by atoms with Crippen molar-refractivity contribution in [1.82, 2.24) is 4.57 Å². The zero-order valence-electron chi connectivity index (χ0n) is 14.8. The van der Waals surface area contributed by atoms with Gasteiger partial charge in [0.15, 0.2) is 0 Å². The highest BCUT2D eigenvalue weighted by atomic mass is 15.3. The zero-order chi connectivity index (χ0) is 16.6. The lowest BCUT2D eigenvalue weighted by Gasteiger charge is -2.38. The zero-order valence-corrected chi connectivity index (χ0v) is 14.8. The van der Waals surface area contributed by atoms with Crippen LogP contribution in [0, 0.1) is 0 Å². The Hall–Kier alpha value is -2.06. The molecular formula is C22H27N2+. The van der Waals surface area contributed by atoms with Crippen molar-refractivity contribution in [3.05, 3.63) is 71.4 Å². The molecule has 2 heterocycles. The molecule has 0 spiro atoms. The van der Waals surface area contributed by atoms with Crippen LogP contribution in [0.25, 0.3) is 10.9 Å². The monoisotopic (exact) mass is 319 g/mol. The average Bonchev–Trinajstić information content (AvgIpc) is 2.89. The third-order valence-electron chi connectivity index (χ3n) is 5.57. The molecule has 24 heavy (non-hydrogen) atoms. The third-order valence-corrected chi connectivity index (χ3v) is 5.57. The minimum Gasteiger partial charge on any atom is -0.339 e. The van der Waals surface area contributed by atoms with Gasteiger partial charge in [-0.05, 0) is 18.1 Å². The number of nitrogens with zero attached hydrogens (tertiary/aromatic N) is 2. The highest BCUT2D eigenvalue weighted by Gasteiger charge is 2.32. The lowest BCUT2D eigenvalue weighted by Crippen LogP contribution is -2.48. The average molecular weight is 319 g/mol. The molecule has 2 nitrogen and oxygen atoms in total. The van der Waals surface area contributed by atoms with Crippen LogP contribution >= 0.6 is 0 Å². The van der Waals surface area contributed by atoms with Gasteiger partial charge in [0.1, 0.15) is 6.54 Å². The molecule has 1 aromatic heterocycles. The maximum Gasteiger partial charge on any atom is 0.107 e. The maximum atomic E-state index is 2.56. The van der Waals surface area contributed by atoms with Crippen molar-refractivity contribution < 1.29 is 4.48 Å². The second-order valence-electron chi connectivity index (χ2n) is 7.49. The van der Waals surface area contributed by atoms with Crippen LogP contribution in [0.1, 0.15) is 30.2 Å².